The number of nitrogens with one attached hydrogen (secondary N) is 2. The Labute approximate surface area is 194 Å². The summed E-state index contributed by atoms with van der Waals surface area (Å²) in [4.78, 5) is 28.5. The molecule has 2 amide bonds. The molecule has 2 N–H and O–H groups in total. The molecule has 0 aliphatic heterocycles. The van der Waals surface area contributed by atoms with Crippen molar-refractivity contribution in [2.24, 2.45) is 0 Å². The fraction of sp³-hybridized carbons (Fsp3) is 0.0800. The predicted octanol–water partition coefficient (Wildman–Crippen LogP) is 4.76. The number of fused-ring (bicyclic) bond motifs is 1. The molecule has 0 saturated carbocycles. The van der Waals surface area contributed by atoms with Crippen LogP contribution in [0.3, 0.4) is 0 Å². The number of benzene rings is 3. The first kappa shape index (κ1) is 22.5. The largest absolute Gasteiger partial charge is 0.493 e. The zero-order valence-corrected chi connectivity index (χ0v) is 18.3. The van der Waals surface area contributed by atoms with E-state index in [0.717, 1.165) is 6.07 Å². The van der Waals surface area contributed by atoms with Crippen LogP contribution in [0.5, 0.6) is 23.0 Å². The highest BCUT2D eigenvalue weighted by atomic mass is 19.1. The van der Waals surface area contributed by atoms with Crippen molar-refractivity contribution in [3.63, 3.8) is 0 Å². The van der Waals surface area contributed by atoms with E-state index in [-0.39, 0.29) is 11.4 Å². The van der Waals surface area contributed by atoms with E-state index in [0.29, 0.717) is 33.8 Å². The highest BCUT2D eigenvalue weighted by molar-refractivity contribution is 6.43. The molecule has 172 valence electrons. The molecule has 0 radical (unpaired) electrons. The zero-order valence-electron chi connectivity index (χ0n) is 18.3. The summed E-state index contributed by atoms with van der Waals surface area (Å²) in [6.45, 7) is 0. The van der Waals surface area contributed by atoms with E-state index in [4.69, 9.17) is 14.2 Å². The second-order valence-electron chi connectivity index (χ2n) is 7.05. The monoisotopic (exact) mass is 461 g/mol. The van der Waals surface area contributed by atoms with Crippen LogP contribution in [0, 0.1) is 5.82 Å². The van der Waals surface area contributed by atoms with Gasteiger partial charge >= 0.3 is 11.8 Å². The Morgan fingerprint density at radius 1 is 0.765 bits per heavy atom. The molecule has 0 aliphatic carbocycles. The van der Waals surface area contributed by atoms with Crippen molar-refractivity contribution in [2.75, 3.05) is 24.9 Å². The Bertz CT molecular complexity index is 1360. The molecule has 0 spiro atoms. The summed E-state index contributed by atoms with van der Waals surface area (Å²) in [5, 5.41) is 5.42. The second kappa shape index (κ2) is 9.86. The van der Waals surface area contributed by atoms with Crippen molar-refractivity contribution in [3.05, 3.63) is 78.7 Å². The first-order valence-electron chi connectivity index (χ1n) is 10.1. The van der Waals surface area contributed by atoms with Gasteiger partial charge in [-0.25, -0.2) is 4.39 Å². The van der Waals surface area contributed by atoms with Crippen LogP contribution in [-0.4, -0.2) is 31.0 Å². The van der Waals surface area contributed by atoms with E-state index in [1.165, 1.54) is 32.5 Å². The number of hydrogen-bond donors (Lipinski definition) is 2. The molecule has 1 heterocycles. The smallest absolute Gasteiger partial charge is 0.314 e. The SMILES string of the molecule is COc1cc2nccc(Oc3ccc(NC(=O)C(=O)Nc4ccccc4)cc3F)c2cc1OC. The van der Waals surface area contributed by atoms with Gasteiger partial charge in [-0.3, -0.25) is 14.6 Å². The number of aromatic nitrogens is 1. The third-order valence-corrected chi connectivity index (χ3v) is 4.85. The number of rotatable bonds is 6. The van der Waals surface area contributed by atoms with Crippen molar-refractivity contribution in [3.8, 4) is 23.0 Å². The van der Waals surface area contributed by atoms with E-state index >= 15 is 0 Å². The zero-order chi connectivity index (χ0) is 24.1. The molecule has 8 nitrogen and oxygen atoms in total. The van der Waals surface area contributed by atoms with Gasteiger partial charge in [0.05, 0.1) is 19.7 Å². The summed E-state index contributed by atoms with van der Waals surface area (Å²) in [6, 6.07) is 17.3. The quantitative estimate of drug-likeness (QED) is 0.402. The molecule has 1 aromatic heterocycles. The fourth-order valence-corrected chi connectivity index (χ4v) is 3.21. The van der Waals surface area contributed by atoms with E-state index in [1.54, 1.807) is 48.5 Å². The van der Waals surface area contributed by atoms with Gasteiger partial charge in [0.25, 0.3) is 0 Å². The van der Waals surface area contributed by atoms with Gasteiger partial charge in [0.1, 0.15) is 5.75 Å². The first-order chi connectivity index (χ1) is 16.5. The lowest BCUT2D eigenvalue weighted by Crippen LogP contribution is -2.29. The maximum atomic E-state index is 14.8. The molecule has 0 atom stereocenters. The number of para-hydroxylation sites is 1. The Balaban J connectivity index is 1.51. The van der Waals surface area contributed by atoms with Gasteiger partial charge in [-0.05, 0) is 36.4 Å². The molecule has 4 aromatic rings. The van der Waals surface area contributed by atoms with Gasteiger partial charge in [-0.15, -0.1) is 0 Å². The number of methoxy groups -OCH3 is 2. The number of pyridine rings is 1. The molecule has 3 aromatic carbocycles. The molecule has 0 saturated heterocycles. The summed E-state index contributed by atoms with van der Waals surface area (Å²) < 4.78 is 31.2. The van der Waals surface area contributed by atoms with Crippen LogP contribution in [0.4, 0.5) is 15.8 Å². The summed E-state index contributed by atoms with van der Waals surface area (Å²) >= 11 is 0. The topological polar surface area (TPSA) is 98.8 Å². The van der Waals surface area contributed by atoms with Gasteiger partial charge in [-0.2, -0.15) is 0 Å². The van der Waals surface area contributed by atoms with Gasteiger partial charge in [0.15, 0.2) is 23.1 Å². The minimum atomic E-state index is -0.932. The highest BCUT2D eigenvalue weighted by Gasteiger charge is 2.16. The Morgan fingerprint density at radius 3 is 2.12 bits per heavy atom. The number of anilines is 2. The van der Waals surface area contributed by atoms with Crippen LogP contribution in [0.15, 0.2) is 72.9 Å². The summed E-state index contributed by atoms with van der Waals surface area (Å²) in [6.07, 6.45) is 1.53. The Hall–Kier alpha value is -4.66. The predicted molar refractivity (Wildman–Crippen MR) is 125 cm³/mol. The number of carbonyl (C=O) groups is 2. The molecule has 0 unspecified atom stereocenters. The van der Waals surface area contributed by atoms with Crippen LogP contribution in [-0.2, 0) is 9.59 Å². The molecule has 0 bridgehead atoms. The van der Waals surface area contributed by atoms with Crippen LogP contribution in [0.1, 0.15) is 0 Å². The number of nitrogens with zero attached hydrogens (tertiary/aromatic N) is 1. The summed E-state index contributed by atoms with van der Waals surface area (Å²) in [7, 11) is 3.03. The normalized spacial score (nSPS) is 10.4. The third kappa shape index (κ3) is 4.88. The maximum Gasteiger partial charge on any atom is 0.314 e. The molecule has 9 heteroatoms. The average Bonchev–Trinajstić information content (AvgIpc) is 2.85. The molecule has 4 rings (SSSR count). The average molecular weight is 461 g/mol. The molecule has 0 fully saturated rings. The van der Waals surface area contributed by atoms with E-state index in [2.05, 4.69) is 15.6 Å². The van der Waals surface area contributed by atoms with Crippen LogP contribution in [0.2, 0.25) is 0 Å². The number of ether oxygens (including phenoxy) is 3. The second-order valence-corrected chi connectivity index (χ2v) is 7.05. The van der Waals surface area contributed by atoms with Gasteiger partial charge in [-0.1, -0.05) is 18.2 Å². The number of halogens is 1. The third-order valence-electron chi connectivity index (χ3n) is 4.85. The number of carbonyl (C=O) groups excluding carboxylic acids is 2. The Morgan fingerprint density at radius 2 is 1.44 bits per heavy atom. The van der Waals surface area contributed by atoms with Crippen molar-refractivity contribution in [2.45, 2.75) is 0 Å². The Kier molecular flexibility index (Phi) is 6.54. The summed E-state index contributed by atoms with van der Waals surface area (Å²) in [5.41, 5.74) is 1.14. The molecule has 0 aliphatic rings. The number of hydrogen-bond acceptors (Lipinski definition) is 6. The van der Waals surface area contributed by atoms with Gasteiger partial charge < -0.3 is 24.8 Å². The number of amides is 2. The lowest BCUT2D eigenvalue weighted by Gasteiger charge is -2.13. The maximum absolute atomic E-state index is 14.8. The van der Waals surface area contributed by atoms with Gasteiger partial charge in [0, 0.05) is 35.1 Å². The van der Waals surface area contributed by atoms with E-state index in [1.807, 2.05) is 0 Å². The minimum absolute atomic E-state index is 0.0750. The highest BCUT2D eigenvalue weighted by Crippen LogP contribution is 2.37. The minimum Gasteiger partial charge on any atom is -0.493 e. The van der Waals surface area contributed by atoms with Crippen molar-refractivity contribution in [1.82, 2.24) is 4.98 Å². The van der Waals surface area contributed by atoms with Crippen molar-refractivity contribution < 1.29 is 28.2 Å². The fourth-order valence-electron chi connectivity index (χ4n) is 3.21. The molecular formula is C25H20FN3O5. The van der Waals surface area contributed by atoms with Gasteiger partial charge in [0.2, 0.25) is 0 Å². The lowest BCUT2D eigenvalue weighted by molar-refractivity contribution is -0.133. The molecular weight excluding hydrogens is 441 g/mol. The standard InChI is InChI=1S/C25H20FN3O5/c1-32-22-13-17-19(14-23(22)33-2)27-11-10-20(17)34-21-9-8-16(12-18(21)26)29-25(31)24(30)28-15-6-4-3-5-7-15/h3-14H,1-2H3,(H,28,30)(H,29,31). The van der Waals surface area contributed by atoms with Crippen molar-refractivity contribution in [1.29, 1.82) is 0 Å². The lowest BCUT2D eigenvalue weighted by atomic mass is 10.2. The summed E-state index contributed by atoms with van der Waals surface area (Å²) in [5.74, 6) is -1.29. The van der Waals surface area contributed by atoms with E-state index < -0.39 is 17.6 Å². The van der Waals surface area contributed by atoms with Crippen LogP contribution < -0.4 is 24.8 Å². The van der Waals surface area contributed by atoms with Crippen LogP contribution >= 0.6 is 0 Å². The van der Waals surface area contributed by atoms with E-state index in [9.17, 15) is 14.0 Å². The molecule has 34 heavy (non-hydrogen) atoms. The van der Waals surface area contributed by atoms with Crippen LogP contribution in [0.25, 0.3) is 10.9 Å². The first-order valence-corrected chi connectivity index (χ1v) is 10.1. The van der Waals surface area contributed by atoms with Crippen molar-refractivity contribution >= 4 is 34.1 Å².